The second-order valence-corrected chi connectivity index (χ2v) is 9.31. The lowest BCUT2D eigenvalue weighted by Gasteiger charge is -2.37. The van der Waals surface area contributed by atoms with Gasteiger partial charge in [-0.1, -0.05) is 6.07 Å². The van der Waals surface area contributed by atoms with E-state index in [-0.39, 0.29) is 23.3 Å². The summed E-state index contributed by atoms with van der Waals surface area (Å²) in [4.78, 5) is 18.7. The van der Waals surface area contributed by atoms with Gasteiger partial charge in [0.15, 0.2) is 11.5 Å². The van der Waals surface area contributed by atoms with Crippen molar-refractivity contribution in [3.63, 3.8) is 0 Å². The van der Waals surface area contributed by atoms with E-state index in [1.807, 2.05) is 18.2 Å². The van der Waals surface area contributed by atoms with Crippen molar-refractivity contribution in [1.29, 1.82) is 0 Å². The van der Waals surface area contributed by atoms with Crippen LogP contribution in [-0.4, -0.2) is 64.6 Å². The molecule has 9 heteroatoms. The van der Waals surface area contributed by atoms with E-state index in [0.717, 1.165) is 30.0 Å². The number of fused-ring (bicyclic) bond motifs is 1. The maximum Gasteiger partial charge on any atom is 0.251 e. The molecule has 0 saturated carbocycles. The Bertz CT molecular complexity index is 1300. The molecule has 1 saturated heterocycles. The summed E-state index contributed by atoms with van der Waals surface area (Å²) in [6, 6.07) is 9.02. The zero-order chi connectivity index (χ0) is 23.2. The summed E-state index contributed by atoms with van der Waals surface area (Å²) in [6.45, 7) is 4.05. The van der Waals surface area contributed by atoms with Crippen LogP contribution in [0, 0.1) is 5.82 Å². The zero-order valence-electron chi connectivity index (χ0n) is 18.7. The molecule has 0 amide bonds. The first-order valence-corrected chi connectivity index (χ1v) is 11.8. The Kier molecular flexibility index (Phi) is 5.47. The molecule has 34 heavy (non-hydrogen) atoms. The van der Waals surface area contributed by atoms with Gasteiger partial charge in [0, 0.05) is 49.8 Å². The number of benzene rings is 1. The standard InChI is InChI=1S/C25H27FN4O4/c26-17-11-28-19-2-4-23(32)30-13-16(24(17)25(19)30)12-29-6-5-18(20(31)14-29)27-10-15-1-3-21-22(9-15)34-8-7-33-21/h1-4,9,11,16,18,20,27,31H,5-8,10,12-14H2/t16?,18-,20+/m0/s1. The smallest absolute Gasteiger partial charge is 0.251 e. The fourth-order valence-electron chi connectivity index (χ4n) is 5.45. The van der Waals surface area contributed by atoms with Crippen LogP contribution in [0.2, 0.25) is 0 Å². The number of piperidine rings is 1. The molecule has 6 rings (SSSR count). The summed E-state index contributed by atoms with van der Waals surface area (Å²) in [7, 11) is 0. The molecule has 1 unspecified atom stereocenters. The number of aromatic nitrogens is 2. The van der Waals surface area contributed by atoms with Gasteiger partial charge >= 0.3 is 0 Å². The van der Waals surface area contributed by atoms with E-state index in [9.17, 15) is 14.3 Å². The van der Waals surface area contributed by atoms with Gasteiger partial charge in [0.25, 0.3) is 5.56 Å². The Morgan fingerprint density at radius 1 is 1.15 bits per heavy atom. The zero-order valence-corrected chi connectivity index (χ0v) is 18.7. The van der Waals surface area contributed by atoms with Gasteiger partial charge < -0.3 is 24.5 Å². The minimum atomic E-state index is -0.542. The van der Waals surface area contributed by atoms with Crippen molar-refractivity contribution in [2.24, 2.45) is 0 Å². The fourth-order valence-corrected chi connectivity index (χ4v) is 5.45. The van der Waals surface area contributed by atoms with Crippen molar-refractivity contribution in [3.8, 4) is 11.5 Å². The highest BCUT2D eigenvalue weighted by atomic mass is 19.1. The molecule has 2 aromatic heterocycles. The van der Waals surface area contributed by atoms with Crippen molar-refractivity contribution in [3.05, 3.63) is 63.8 Å². The van der Waals surface area contributed by atoms with Crippen LogP contribution in [0.15, 0.2) is 41.3 Å². The molecule has 178 valence electrons. The first-order valence-electron chi connectivity index (χ1n) is 11.8. The van der Waals surface area contributed by atoms with Gasteiger partial charge in [-0.05, 0) is 36.7 Å². The SMILES string of the molecule is O=c1ccc2ncc(F)c3c2n1CC3CN1CC[C@H](NCc2ccc3c(c2)OCCO3)[C@H](O)C1. The van der Waals surface area contributed by atoms with E-state index in [1.165, 1.54) is 12.3 Å². The number of ether oxygens (including phenoxy) is 2. The van der Waals surface area contributed by atoms with E-state index in [0.29, 0.717) is 56.0 Å². The van der Waals surface area contributed by atoms with E-state index in [2.05, 4.69) is 15.2 Å². The summed E-state index contributed by atoms with van der Waals surface area (Å²) in [6.07, 6.45) is 1.48. The monoisotopic (exact) mass is 466 g/mol. The predicted molar refractivity (Wildman–Crippen MR) is 124 cm³/mol. The van der Waals surface area contributed by atoms with E-state index < -0.39 is 6.10 Å². The van der Waals surface area contributed by atoms with Gasteiger partial charge in [-0.15, -0.1) is 0 Å². The minimum Gasteiger partial charge on any atom is -0.486 e. The first-order chi connectivity index (χ1) is 16.6. The maximum absolute atomic E-state index is 14.7. The van der Waals surface area contributed by atoms with E-state index in [4.69, 9.17) is 9.47 Å². The number of rotatable bonds is 5. The lowest BCUT2D eigenvalue weighted by Crippen LogP contribution is -2.53. The minimum absolute atomic E-state index is 0.0304. The summed E-state index contributed by atoms with van der Waals surface area (Å²) >= 11 is 0. The van der Waals surface area contributed by atoms with Crippen molar-refractivity contribution < 1.29 is 19.0 Å². The normalized spacial score (nSPS) is 24.0. The molecule has 3 atom stereocenters. The van der Waals surface area contributed by atoms with Gasteiger partial charge in [0.2, 0.25) is 0 Å². The number of halogens is 1. The Labute approximate surface area is 195 Å². The van der Waals surface area contributed by atoms with E-state index in [1.54, 1.807) is 10.6 Å². The third-order valence-corrected chi connectivity index (χ3v) is 7.12. The number of aliphatic hydroxyl groups is 1. The Hall–Kier alpha value is -3.01. The molecule has 5 heterocycles. The molecule has 1 fully saturated rings. The Morgan fingerprint density at radius 2 is 2.00 bits per heavy atom. The second kappa shape index (κ2) is 8.65. The number of aliphatic hydroxyl groups excluding tert-OH is 1. The van der Waals surface area contributed by atoms with Crippen molar-refractivity contribution in [2.75, 3.05) is 32.8 Å². The molecule has 0 aliphatic carbocycles. The molecule has 8 nitrogen and oxygen atoms in total. The lowest BCUT2D eigenvalue weighted by atomic mass is 9.97. The number of β-amino-alcohol motifs (C(OH)–C–C–N with tert-alkyl or cyclic N) is 1. The van der Waals surface area contributed by atoms with Crippen molar-refractivity contribution in [2.45, 2.75) is 37.6 Å². The summed E-state index contributed by atoms with van der Waals surface area (Å²) in [5.74, 6) is 1.01. The number of nitrogens with zero attached hydrogens (tertiary/aromatic N) is 3. The maximum atomic E-state index is 14.7. The van der Waals surface area contributed by atoms with E-state index >= 15 is 0 Å². The average Bonchev–Trinajstić information content (AvgIpc) is 3.23. The molecule has 3 aromatic rings. The Balaban J connectivity index is 1.09. The molecular formula is C25H27FN4O4. The van der Waals surface area contributed by atoms with Gasteiger partial charge in [0.05, 0.1) is 23.3 Å². The van der Waals surface area contributed by atoms with Gasteiger partial charge in [-0.25, -0.2) is 4.39 Å². The van der Waals surface area contributed by atoms with Crippen LogP contribution in [-0.2, 0) is 13.1 Å². The van der Waals surface area contributed by atoms with Crippen LogP contribution in [0.1, 0.15) is 23.5 Å². The third-order valence-electron chi connectivity index (χ3n) is 7.12. The molecule has 0 bridgehead atoms. The number of hydrogen-bond donors (Lipinski definition) is 2. The third kappa shape index (κ3) is 3.83. The van der Waals surface area contributed by atoms with Crippen LogP contribution >= 0.6 is 0 Å². The molecule has 0 radical (unpaired) electrons. The van der Waals surface area contributed by atoms with Gasteiger partial charge in [-0.3, -0.25) is 14.7 Å². The average molecular weight is 467 g/mol. The lowest BCUT2D eigenvalue weighted by molar-refractivity contribution is 0.0368. The largest absolute Gasteiger partial charge is 0.486 e. The van der Waals surface area contributed by atoms with Crippen LogP contribution in [0.3, 0.4) is 0 Å². The first kappa shape index (κ1) is 21.5. The molecule has 2 N–H and O–H groups in total. The van der Waals surface area contributed by atoms with Gasteiger partial charge in [0.1, 0.15) is 19.0 Å². The quantitative estimate of drug-likeness (QED) is 0.591. The van der Waals surface area contributed by atoms with Crippen LogP contribution in [0.5, 0.6) is 11.5 Å². The summed E-state index contributed by atoms with van der Waals surface area (Å²) in [5.41, 5.74) is 2.75. The highest BCUT2D eigenvalue weighted by molar-refractivity contribution is 5.80. The second-order valence-electron chi connectivity index (χ2n) is 9.31. The molecule has 3 aliphatic rings. The molecule has 3 aliphatic heterocycles. The molecule has 1 aromatic carbocycles. The van der Waals surface area contributed by atoms with Crippen molar-refractivity contribution >= 4 is 11.0 Å². The van der Waals surface area contributed by atoms with Crippen LogP contribution in [0.4, 0.5) is 4.39 Å². The predicted octanol–water partition coefficient (Wildman–Crippen LogP) is 1.63. The Morgan fingerprint density at radius 3 is 2.85 bits per heavy atom. The van der Waals surface area contributed by atoms with Crippen LogP contribution in [0.25, 0.3) is 11.0 Å². The number of nitrogens with one attached hydrogen (secondary N) is 1. The molecular weight excluding hydrogens is 439 g/mol. The summed E-state index contributed by atoms with van der Waals surface area (Å²) < 4.78 is 27.6. The number of likely N-dealkylation sites (tertiary alicyclic amines) is 1. The molecule has 0 spiro atoms. The van der Waals surface area contributed by atoms with Crippen molar-refractivity contribution in [1.82, 2.24) is 19.8 Å². The number of pyridine rings is 2. The highest BCUT2D eigenvalue weighted by Gasteiger charge is 2.33. The number of hydrogen-bond acceptors (Lipinski definition) is 7. The van der Waals surface area contributed by atoms with Gasteiger partial charge in [-0.2, -0.15) is 0 Å². The van der Waals surface area contributed by atoms with Crippen LogP contribution < -0.4 is 20.3 Å². The fraction of sp³-hybridized carbons (Fsp3) is 0.440. The summed E-state index contributed by atoms with van der Waals surface area (Å²) in [5, 5.41) is 14.3. The topological polar surface area (TPSA) is 88.9 Å². The highest BCUT2D eigenvalue weighted by Crippen LogP contribution is 2.35.